The van der Waals surface area contributed by atoms with Crippen LogP contribution in [0.15, 0.2) is 18.2 Å². The van der Waals surface area contributed by atoms with Crippen molar-refractivity contribution in [3.8, 4) is 10.9 Å². The molecule has 0 atom stereocenters. The Morgan fingerprint density at radius 2 is 2.26 bits per heavy atom. The summed E-state index contributed by atoms with van der Waals surface area (Å²) < 4.78 is 9.86. The van der Waals surface area contributed by atoms with Gasteiger partial charge in [0.15, 0.2) is 0 Å². The first-order valence-electron chi connectivity index (χ1n) is 5.99. The molecule has 19 heavy (non-hydrogen) atoms. The van der Waals surface area contributed by atoms with E-state index in [1.54, 1.807) is 19.1 Å². The number of nitrogens with zero attached hydrogens (tertiary/aromatic N) is 2. The van der Waals surface area contributed by atoms with E-state index >= 15 is 0 Å². The molecule has 1 aliphatic rings. The number of ether oxygens (including phenoxy) is 1. The van der Waals surface area contributed by atoms with Gasteiger partial charge in [0.25, 0.3) is 5.19 Å². The van der Waals surface area contributed by atoms with Crippen molar-refractivity contribution in [1.29, 1.82) is 0 Å². The van der Waals surface area contributed by atoms with Crippen LogP contribution in [0.2, 0.25) is 0 Å². The van der Waals surface area contributed by atoms with Crippen molar-refractivity contribution in [1.82, 2.24) is 9.36 Å². The number of hydrogen-bond donors (Lipinski definition) is 1. The fraction of sp³-hybridized carbons (Fsp3) is 0.308. The van der Waals surface area contributed by atoms with Gasteiger partial charge in [-0.3, -0.25) is 0 Å². The predicted octanol–water partition coefficient (Wildman–Crippen LogP) is 3.21. The van der Waals surface area contributed by atoms with Crippen LogP contribution in [0.1, 0.15) is 40.5 Å². The summed E-state index contributed by atoms with van der Waals surface area (Å²) in [5, 5.41) is 9.46. The zero-order chi connectivity index (χ0) is 13.4. The third-order valence-electron chi connectivity index (χ3n) is 3.00. The standard InChI is InChI=1S/C13H12N2O3S/c1-7-6-9(4-5-10(7)12(16)17)18-13-14-11(15-19-13)8-2-3-8/h4-6,8H,2-3H2,1H3,(H,16,17). The van der Waals surface area contributed by atoms with E-state index in [9.17, 15) is 4.79 Å². The van der Waals surface area contributed by atoms with Crippen molar-refractivity contribution in [2.24, 2.45) is 0 Å². The Labute approximate surface area is 114 Å². The van der Waals surface area contributed by atoms with Crippen molar-refractivity contribution < 1.29 is 14.6 Å². The average molecular weight is 276 g/mol. The highest BCUT2D eigenvalue weighted by atomic mass is 32.1. The Kier molecular flexibility index (Phi) is 2.94. The maximum Gasteiger partial charge on any atom is 0.335 e. The van der Waals surface area contributed by atoms with Crippen molar-refractivity contribution >= 4 is 17.5 Å². The zero-order valence-electron chi connectivity index (χ0n) is 10.3. The number of aromatic carboxylic acids is 1. The summed E-state index contributed by atoms with van der Waals surface area (Å²) in [5.74, 6) is 1.01. The lowest BCUT2D eigenvalue weighted by atomic mass is 10.1. The quantitative estimate of drug-likeness (QED) is 0.928. The minimum absolute atomic E-state index is 0.281. The van der Waals surface area contributed by atoms with Gasteiger partial charge in [0.1, 0.15) is 11.6 Å². The van der Waals surface area contributed by atoms with E-state index in [1.807, 2.05) is 0 Å². The Balaban J connectivity index is 1.78. The summed E-state index contributed by atoms with van der Waals surface area (Å²) in [6.07, 6.45) is 2.31. The number of aryl methyl sites for hydroxylation is 1. The molecule has 1 aromatic heterocycles. The van der Waals surface area contributed by atoms with Gasteiger partial charge in [-0.25, -0.2) is 4.79 Å². The third-order valence-corrected chi connectivity index (χ3v) is 3.61. The van der Waals surface area contributed by atoms with Gasteiger partial charge in [-0.05, 0) is 43.5 Å². The number of hydrogen-bond acceptors (Lipinski definition) is 5. The van der Waals surface area contributed by atoms with Gasteiger partial charge in [0, 0.05) is 17.5 Å². The molecular formula is C13H12N2O3S. The van der Waals surface area contributed by atoms with Crippen LogP contribution in [-0.2, 0) is 0 Å². The second-order valence-corrected chi connectivity index (χ2v) is 5.29. The summed E-state index contributed by atoms with van der Waals surface area (Å²) in [7, 11) is 0. The van der Waals surface area contributed by atoms with E-state index in [2.05, 4.69) is 9.36 Å². The number of carboxylic acids is 1. The molecule has 5 nitrogen and oxygen atoms in total. The molecule has 0 amide bonds. The molecule has 98 valence electrons. The highest BCUT2D eigenvalue weighted by molar-refractivity contribution is 7.07. The summed E-state index contributed by atoms with van der Waals surface area (Å²) in [4.78, 5) is 15.2. The lowest BCUT2D eigenvalue weighted by molar-refractivity contribution is 0.0696. The molecule has 0 spiro atoms. The Bertz CT molecular complexity index is 635. The fourth-order valence-electron chi connectivity index (χ4n) is 1.81. The number of rotatable bonds is 4. The van der Waals surface area contributed by atoms with E-state index in [0.29, 0.717) is 22.4 Å². The molecule has 0 aliphatic heterocycles. The van der Waals surface area contributed by atoms with Crippen LogP contribution in [0.3, 0.4) is 0 Å². The maximum absolute atomic E-state index is 10.9. The van der Waals surface area contributed by atoms with Gasteiger partial charge in [0.2, 0.25) is 0 Å². The maximum atomic E-state index is 10.9. The topological polar surface area (TPSA) is 72.3 Å². The molecule has 3 rings (SSSR count). The molecule has 1 heterocycles. The first-order valence-corrected chi connectivity index (χ1v) is 6.76. The number of aromatic nitrogens is 2. The molecule has 1 aliphatic carbocycles. The van der Waals surface area contributed by atoms with Crippen molar-refractivity contribution in [3.63, 3.8) is 0 Å². The summed E-state index contributed by atoms with van der Waals surface area (Å²) >= 11 is 1.23. The fourth-order valence-corrected chi connectivity index (χ4v) is 2.44. The first kappa shape index (κ1) is 12.1. The van der Waals surface area contributed by atoms with E-state index in [4.69, 9.17) is 9.84 Å². The smallest absolute Gasteiger partial charge is 0.335 e. The average Bonchev–Trinajstić information content (AvgIpc) is 3.10. The Morgan fingerprint density at radius 1 is 1.47 bits per heavy atom. The van der Waals surface area contributed by atoms with Gasteiger partial charge >= 0.3 is 5.97 Å². The van der Waals surface area contributed by atoms with Crippen molar-refractivity contribution in [3.05, 3.63) is 35.2 Å². The number of carboxylic acid groups (broad SMARTS) is 1. The molecule has 0 unspecified atom stereocenters. The van der Waals surface area contributed by atoms with Crippen LogP contribution >= 0.6 is 11.5 Å². The van der Waals surface area contributed by atoms with E-state index < -0.39 is 5.97 Å². The van der Waals surface area contributed by atoms with Crippen molar-refractivity contribution in [2.75, 3.05) is 0 Å². The van der Waals surface area contributed by atoms with E-state index in [-0.39, 0.29) is 5.56 Å². The van der Waals surface area contributed by atoms with Gasteiger partial charge in [-0.2, -0.15) is 9.36 Å². The van der Waals surface area contributed by atoms with Gasteiger partial charge in [-0.1, -0.05) is 0 Å². The minimum Gasteiger partial charge on any atom is -0.478 e. The first-order chi connectivity index (χ1) is 9.13. The minimum atomic E-state index is -0.934. The van der Waals surface area contributed by atoms with Crippen LogP contribution in [-0.4, -0.2) is 20.4 Å². The molecule has 1 saturated carbocycles. The van der Waals surface area contributed by atoms with Crippen LogP contribution in [0.25, 0.3) is 0 Å². The third kappa shape index (κ3) is 2.58. The largest absolute Gasteiger partial charge is 0.478 e. The highest BCUT2D eigenvalue weighted by Crippen LogP contribution is 2.40. The van der Waals surface area contributed by atoms with E-state index in [0.717, 1.165) is 18.7 Å². The molecule has 0 bridgehead atoms. The molecule has 1 aromatic carbocycles. The summed E-state index contributed by atoms with van der Waals surface area (Å²) in [6.45, 7) is 1.74. The van der Waals surface area contributed by atoms with Crippen LogP contribution in [0.5, 0.6) is 10.9 Å². The zero-order valence-corrected chi connectivity index (χ0v) is 11.1. The normalized spacial score (nSPS) is 14.4. The lowest BCUT2D eigenvalue weighted by Crippen LogP contribution is -1.99. The number of carbonyl (C=O) groups is 1. The van der Waals surface area contributed by atoms with Gasteiger partial charge < -0.3 is 9.84 Å². The Hall–Kier alpha value is -1.95. The molecule has 2 aromatic rings. The molecule has 0 radical (unpaired) electrons. The predicted molar refractivity (Wildman–Crippen MR) is 70.1 cm³/mol. The second kappa shape index (κ2) is 4.62. The highest BCUT2D eigenvalue weighted by Gasteiger charge is 2.28. The summed E-state index contributed by atoms with van der Waals surface area (Å²) in [5.41, 5.74) is 0.945. The second-order valence-electron chi connectivity index (χ2n) is 4.58. The molecule has 6 heteroatoms. The molecule has 1 fully saturated rings. The molecule has 0 saturated heterocycles. The summed E-state index contributed by atoms with van der Waals surface area (Å²) in [6, 6.07) is 4.87. The molecule has 1 N–H and O–H groups in total. The van der Waals surface area contributed by atoms with Gasteiger partial charge in [0.05, 0.1) is 5.56 Å². The Morgan fingerprint density at radius 3 is 2.89 bits per heavy atom. The lowest BCUT2D eigenvalue weighted by Gasteiger charge is -2.04. The monoisotopic (exact) mass is 276 g/mol. The van der Waals surface area contributed by atoms with Crippen LogP contribution < -0.4 is 4.74 Å². The van der Waals surface area contributed by atoms with Crippen LogP contribution in [0, 0.1) is 6.92 Å². The number of benzene rings is 1. The molecular weight excluding hydrogens is 264 g/mol. The van der Waals surface area contributed by atoms with Gasteiger partial charge in [-0.15, -0.1) is 0 Å². The van der Waals surface area contributed by atoms with Crippen LogP contribution in [0.4, 0.5) is 0 Å². The van der Waals surface area contributed by atoms with Crippen molar-refractivity contribution in [2.45, 2.75) is 25.7 Å². The SMILES string of the molecule is Cc1cc(Oc2nc(C3CC3)ns2)ccc1C(=O)O. The van der Waals surface area contributed by atoms with E-state index in [1.165, 1.54) is 17.6 Å².